The monoisotopic (exact) mass is 389 g/mol. The molecule has 1 atom stereocenters. The quantitative estimate of drug-likeness (QED) is 0.720. The molecular weight excluding hydrogens is 383 g/mol. The number of carbonyl (C=O) groups is 2. The Labute approximate surface area is 138 Å². The second-order valence-electron chi connectivity index (χ2n) is 4.57. The summed E-state index contributed by atoms with van der Waals surface area (Å²) in [7, 11) is 0. The topological polar surface area (TPSA) is 70.6 Å². The van der Waals surface area contributed by atoms with Crippen LogP contribution >= 0.6 is 11.8 Å². The number of nitrogens with zero attached hydrogens (tertiary/aromatic N) is 1. The van der Waals surface area contributed by atoms with E-state index in [2.05, 4.69) is 4.99 Å². The van der Waals surface area contributed by atoms with Gasteiger partial charge < -0.3 is 10.6 Å². The fourth-order valence-electron chi connectivity index (χ4n) is 1.64. The molecule has 0 bridgehead atoms. The maximum absolute atomic E-state index is 13.6. The molecule has 25 heavy (non-hydrogen) atoms. The maximum Gasteiger partial charge on any atom is 0.442 e. The standard InChI is InChI=1S/C12H6F7N3O2S/c13-10(12(17,18)19)7(23)21-9(25-10)22-8(24)20-6-3-1-2-5(4-6)11(14,15)16/h1-4H,(H2,20,21,22,23,24)/t10-/m1/s1. The lowest BCUT2D eigenvalue weighted by Crippen LogP contribution is -2.45. The van der Waals surface area contributed by atoms with Gasteiger partial charge >= 0.3 is 23.4 Å². The van der Waals surface area contributed by atoms with E-state index in [1.807, 2.05) is 5.32 Å². The van der Waals surface area contributed by atoms with Crippen LogP contribution in [-0.4, -0.2) is 28.3 Å². The Kier molecular flexibility index (Phi) is 4.72. The van der Waals surface area contributed by atoms with E-state index >= 15 is 0 Å². The molecule has 2 rings (SSSR count). The Morgan fingerprint density at radius 3 is 2.36 bits per heavy atom. The summed E-state index contributed by atoms with van der Waals surface area (Å²) in [6.07, 6.45) is -10.2. The van der Waals surface area contributed by atoms with Crippen LogP contribution in [0, 0.1) is 0 Å². The third-order valence-corrected chi connectivity index (χ3v) is 3.84. The van der Waals surface area contributed by atoms with Gasteiger partial charge in [0.2, 0.25) is 0 Å². The van der Waals surface area contributed by atoms with Crippen LogP contribution in [0.2, 0.25) is 0 Å². The zero-order valence-corrected chi connectivity index (χ0v) is 12.4. The Morgan fingerprint density at radius 1 is 1.20 bits per heavy atom. The van der Waals surface area contributed by atoms with Crippen LogP contribution in [0.4, 0.5) is 41.2 Å². The molecule has 2 N–H and O–H groups in total. The molecule has 1 aromatic carbocycles. The third kappa shape index (κ3) is 4.03. The molecule has 3 amide bonds. The van der Waals surface area contributed by atoms with Crippen molar-refractivity contribution in [1.29, 1.82) is 0 Å². The zero-order valence-electron chi connectivity index (χ0n) is 11.6. The van der Waals surface area contributed by atoms with Crippen LogP contribution in [0.3, 0.4) is 0 Å². The Hall–Kier alpha value is -2.31. The second-order valence-corrected chi connectivity index (χ2v) is 5.73. The number of carbonyl (C=O) groups excluding carboxylic acids is 2. The summed E-state index contributed by atoms with van der Waals surface area (Å²) in [6.45, 7) is 0. The maximum atomic E-state index is 13.6. The predicted molar refractivity (Wildman–Crippen MR) is 73.5 cm³/mol. The van der Waals surface area contributed by atoms with Crippen molar-refractivity contribution in [3.05, 3.63) is 29.8 Å². The first-order valence-electron chi connectivity index (χ1n) is 6.16. The van der Waals surface area contributed by atoms with Crippen molar-refractivity contribution in [3.63, 3.8) is 0 Å². The van der Waals surface area contributed by atoms with Gasteiger partial charge in [0, 0.05) is 5.69 Å². The van der Waals surface area contributed by atoms with Gasteiger partial charge in [-0.3, -0.25) is 4.79 Å². The highest BCUT2D eigenvalue weighted by atomic mass is 32.2. The number of urea groups is 1. The first kappa shape index (κ1) is 19.0. The van der Waals surface area contributed by atoms with Crippen molar-refractivity contribution in [1.82, 2.24) is 5.32 Å². The van der Waals surface area contributed by atoms with Crippen LogP contribution < -0.4 is 10.6 Å². The SMILES string of the molecule is O=C(N=C1NC(=O)[C@](F)(C(F)(F)F)S1)Nc1cccc(C(F)(F)F)c1. The van der Waals surface area contributed by atoms with E-state index < -0.39 is 51.8 Å². The van der Waals surface area contributed by atoms with Gasteiger partial charge in [0.25, 0.3) is 5.91 Å². The van der Waals surface area contributed by atoms with Crippen LogP contribution in [0.25, 0.3) is 0 Å². The fraction of sp³-hybridized carbons (Fsp3) is 0.250. The number of amidine groups is 1. The Bertz CT molecular complexity index is 747. The predicted octanol–water partition coefficient (Wildman–Crippen LogP) is 3.68. The molecule has 0 radical (unpaired) electrons. The van der Waals surface area contributed by atoms with Crippen LogP contribution in [0.1, 0.15) is 5.56 Å². The molecule has 0 saturated carbocycles. The number of benzene rings is 1. The molecular formula is C12H6F7N3O2S. The van der Waals surface area contributed by atoms with E-state index in [-0.39, 0.29) is 5.69 Å². The van der Waals surface area contributed by atoms with Crippen molar-refractivity contribution in [2.24, 2.45) is 4.99 Å². The molecule has 0 spiro atoms. The van der Waals surface area contributed by atoms with Crippen molar-refractivity contribution < 1.29 is 40.3 Å². The molecule has 1 aromatic rings. The summed E-state index contributed by atoms with van der Waals surface area (Å²) < 4.78 is 88.7. The molecule has 0 aromatic heterocycles. The fourth-order valence-corrected chi connectivity index (χ4v) is 2.44. The highest BCUT2D eigenvalue weighted by Gasteiger charge is 2.67. The first-order chi connectivity index (χ1) is 11.3. The molecule has 1 aliphatic heterocycles. The number of halogens is 7. The van der Waals surface area contributed by atoms with E-state index in [9.17, 15) is 40.3 Å². The highest BCUT2D eigenvalue weighted by molar-refractivity contribution is 8.16. The summed E-state index contributed by atoms with van der Waals surface area (Å²) in [5.41, 5.74) is -1.43. The Morgan fingerprint density at radius 2 is 1.84 bits per heavy atom. The molecule has 1 aliphatic rings. The second kappa shape index (κ2) is 6.20. The summed E-state index contributed by atoms with van der Waals surface area (Å²) in [5.74, 6) is -2.06. The van der Waals surface area contributed by atoms with Crippen molar-refractivity contribution in [2.45, 2.75) is 17.4 Å². The minimum absolute atomic E-state index is 0.346. The number of amides is 3. The summed E-state index contributed by atoms with van der Waals surface area (Å²) in [6, 6.07) is 1.95. The number of hydrogen-bond acceptors (Lipinski definition) is 3. The van der Waals surface area contributed by atoms with E-state index in [1.54, 1.807) is 0 Å². The van der Waals surface area contributed by atoms with Crippen LogP contribution in [-0.2, 0) is 11.0 Å². The van der Waals surface area contributed by atoms with E-state index in [4.69, 9.17) is 0 Å². The van der Waals surface area contributed by atoms with E-state index in [0.29, 0.717) is 6.07 Å². The van der Waals surface area contributed by atoms with Gasteiger partial charge in [-0.1, -0.05) is 6.07 Å². The Balaban J connectivity index is 2.14. The van der Waals surface area contributed by atoms with Crippen LogP contribution in [0.5, 0.6) is 0 Å². The number of thioether (sulfide) groups is 1. The molecule has 136 valence electrons. The minimum Gasteiger partial charge on any atom is -0.306 e. The normalized spacial score (nSPS) is 22.8. The summed E-state index contributed by atoms with van der Waals surface area (Å²) >= 11 is -0.669. The van der Waals surface area contributed by atoms with Gasteiger partial charge in [-0.25, -0.2) is 9.18 Å². The van der Waals surface area contributed by atoms with Gasteiger partial charge in [-0.15, -0.1) is 0 Å². The molecule has 5 nitrogen and oxygen atoms in total. The number of nitrogens with one attached hydrogen (secondary N) is 2. The number of rotatable bonds is 1. The smallest absolute Gasteiger partial charge is 0.306 e. The molecule has 0 aliphatic carbocycles. The lowest BCUT2D eigenvalue weighted by molar-refractivity contribution is -0.195. The lowest BCUT2D eigenvalue weighted by Gasteiger charge is -2.17. The van der Waals surface area contributed by atoms with Gasteiger partial charge in [0.05, 0.1) is 5.56 Å². The van der Waals surface area contributed by atoms with Gasteiger partial charge in [-0.2, -0.15) is 31.3 Å². The minimum atomic E-state index is -5.55. The molecule has 13 heteroatoms. The number of hydrogen-bond donors (Lipinski definition) is 2. The zero-order chi connectivity index (χ0) is 19.0. The van der Waals surface area contributed by atoms with E-state index in [1.165, 1.54) is 5.32 Å². The lowest BCUT2D eigenvalue weighted by atomic mass is 10.2. The van der Waals surface area contributed by atoms with Crippen molar-refractivity contribution in [2.75, 3.05) is 5.32 Å². The number of anilines is 1. The highest BCUT2D eigenvalue weighted by Crippen LogP contribution is 2.46. The van der Waals surface area contributed by atoms with Gasteiger partial charge in [-0.05, 0) is 30.0 Å². The molecule has 1 fully saturated rings. The molecule has 0 unspecified atom stereocenters. The van der Waals surface area contributed by atoms with Crippen molar-refractivity contribution >= 4 is 34.6 Å². The van der Waals surface area contributed by atoms with E-state index in [0.717, 1.165) is 18.2 Å². The third-order valence-electron chi connectivity index (χ3n) is 2.76. The van der Waals surface area contributed by atoms with Crippen LogP contribution in [0.15, 0.2) is 29.3 Å². The molecule has 1 saturated heterocycles. The molecule has 1 heterocycles. The van der Waals surface area contributed by atoms with Gasteiger partial charge in [0.15, 0.2) is 5.17 Å². The summed E-state index contributed by atoms with van der Waals surface area (Å²) in [5, 5.41) is -1.97. The largest absolute Gasteiger partial charge is 0.442 e. The average molecular weight is 389 g/mol. The average Bonchev–Trinajstić information content (AvgIpc) is 2.73. The van der Waals surface area contributed by atoms with Crippen molar-refractivity contribution in [3.8, 4) is 0 Å². The van der Waals surface area contributed by atoms with Gasteiger partial charge in [0.1, 0.15) is 0 Å². The number of alkyl halides is 7. The number of aliphatic imine (C=N–C) groups is 1. The first-order valence-corrected chi connectivity index (χ1v) is 6.97. The summed E-state index contributed by atoms with van der Waals surface area (Å²) in [4.78, 5) is 25.6.